The van der Waals surface area contributed by atoms with Gasteiger partial charge in [-0.15, -0.1) is 0 Å². The number of phenolic OH excluding ortho intramolecular Hbond substituents is 5. The van der Waals surface area contributed by atoms with Gasteiger partial charge >= 0.3 is 0 Å². The second-order valence-corrected chi connectivity index (χ2v) is 13.7. The van der Waals surface area contributed by atoms with Gasteiger partial charge in [-0.3, -0.25) is 4.98 Å². The Kier molecular flexibility index (Phi) is 4.72. The molecular weight excluding hydrogens is 518 g/mol. The Morgan fingerprint density at radius 3 is 2.12 bits per heavy atom. The summed E-state index contributed by atoms with van der Waals surface area (Å²) in [5, 5.41) is 55.2. The third-order valence-electron chi connectivity index (χ3n) is 8.91. The number of hydrogen-bond donors (Lipinski definition) is 5. The van der Waals surface area contributed by atoms with E-state index in [0.29, 0.717) is 16.4 Å². The molecule has 3 aromatic carbocycles. The van der Waals surface area contributed by atoms with Crippen molar-refractivity contribution in [3.63, 3.8) is 0 Å². The average molecular weight is 559 g/mol. The molecule has 6 rings (SSSR count). The van der Waals surface area contributed by atoms with Crippen molar-refractivity contribution in [3.8, 4) is 40.0 Å². The number of benzene rings is 3. The third-order valence-corrected chi connectivity index (χ3v) is 8.91. The zero-order valence-electron chi connectivity index (χ0n) is 27.3. The summed E-state index contributed by atoms with van der Waals surface area (Å²) in [6, 6.07) is 4.88. The molecule has 0 atom stereocenters. The molecule has 7 nitrogen and oxygen atoms in total. The number of aromatic nitrogens is 1. The van der Waals surface area contributed by atoms with Crippen molar-refractivity contribution in [1.82, 2.24) is 4.98 Å². The molecule has 0 bridgehead atoms. The van der Waals surface area contributed by atoms with Gasteiger partial charge in [0.25, 0.3) is 0 Å². The summed E-state index contributed by atoms with van der Waals surface area (Å²) in [6.07, 6.45) is 3.26. The number of phenols is 5. The molecule has 0 unspecified atom stereocenters. The number of fused-ring (bicyclic) bond motifs is 6. The molecule has 2 aromatic heterocycles. The van der Waals surface area contributed by atoms with Crippen LogP contribution in [0.25, 0.3) is 44.0 Å². The number of hydrogen-bond acceptors (Lipinski definition) is 7. The molecule has 0 saturated heterocycles. The van der Waals surface area contributed by atoms with Crippen LogP contribution in [0.2, 0.25) is 0 Å². The first-order chi connectivity index (χ1) is 20.2. The van der Waals surface area contributed by atoms with Crippen LogP contribution in [0.4, 0.5) is 0 Å². The molecular formula is C34H37NO6. The third kappa shape index (κ3) is 3.60. The first-order valence-electron chi connectivity index (χ1n) is 15.2. The molecule has 5 aromatic rings. The SMILES string of the molecule is [2H]C([2H])([2H])c1cc2c(c3oc4c(-c5cc6c(O)c(O)c(O)c(O)c6c(C(C)(C)C)c5O)nccc4c13)C(C)(C)CCC2(C)C. The fraction of sp³-hybridized carbons (Fsp3) is 0.382. The molecule has 0 amide bonds. The normalized spacial score (nSPS) is 17.9. The van der Waals surface area contributed by atoms with E-state index in [1.165, 1.54) is 12.3 Å². The molecule has 41 heavy (non-hydrogen) atoms. The number of aromatic hydroxyl groups is 5. The van der Waals surface area contributed by atoms with Gasteiger partial charge in [0, 0.05) is 48.5 Å². The smallest absolute Gasteiger partial charge is 0.204 e. The van der Waals surface area contributed by atoms with Crippen LogP contribution < -0.4 is 0 Å². The maximum atomic E-state index is 11.8. The topological polar surface area (TPSA) is 127 Å². The molecule has 1 aliphatic carbocycles. The zero-order valence-corrected chi connectivity index (χ0v) is 24.3. The van der Waals surface area contributed by atoms with Gasteiger partial charge in [0.05, 0.1) is 0 Å². The van der Waals surface area contributed by atoms with E-state index < -0.39 is 35.3 Å². The van der Waals surface area contributed by atoms with Gasteiger partial charge in [-0.25, -0.2) is 0 Å². The number of nitrogens with zero attached hydrogens (tertiary/aromatic N) is 1. The van der Waals surface area contributed by atoms with Gasteiger partial charge in [0.1, 0.15) is 17.0 Å². The Morgan fingerprint density at radius 2 is 1.46 bits per heavy atom. The monoisotopic (exact) mass is 558 g/mol. The van der Waals surface area contributed by atoms with Gasteiger partial charge in [0.15, 0.2) is 17.1 Å². The fourth-order valence-corrected chi connectivity index (χ4v) is 6.65. The second-order valence-electron chi connectivity index (χ2n) is 13.7. The summed E-state index contributed by atoms with van der Waals surface area (Å²) >= 11 is 0. The van der Waals surface area contributed by atoms with E-state index in [9.17, 15) is 25.5 Å². The predicted octanol–water partition coefficient (Wildman–Crippen LogP) is 8.28. The summed E-state index contributed by atoms with van der Waals surface area (Å²) in [5.74, 6) is -3.44. The second kappa shape index (κ2) is 8.21. The highest BCUT2D eigenvalue weighted by molar-refractivity contribution is 6.13. The molecule has 0 spiro atoms. The molecule has 0 fully saturated rings. The summed E-state index contributed by atoms with van der Waals surface area (Å²) in [7, 11) is 0. The fourth-order valence-electron chi connectivity index (χ4n) is 6.65. The molecule has 2 heterocycles. The minimum absolute atomic E-state index is 0.0196. The lowest BCUT2D eigenvalue weighted by Gasteiger charge is -2.41. The Hall–Kier alpha value is -4.13. The van der Waals surface area contributed by atoms with Crippen molar-refractivity contribution < 1.29 is 34.1 Å². The number of aryl methyl sites for hydroxylation is 1. The molecule has 1 aliphatic rings. The van der Waals surface area contributed by atoms with Crippen LogP contribution in [0, 0.1) is 6.85 Å². The maximum Gasteiger partial charge on any atom is 0.204 e. The van der Waals surface area contributed by atoms with Crippen molar-refractivity contribution >= 4 is 32.7 Å². The van der Waals surface area contributed by atoms with Gasteiger partial charge in [0.2, 0.25) is 11.5 Å². The van der Waals surface area contributed by atoms with Gasteiger partial charge in [-0.1, -0.05) is 54.5 Å². The molecule has 214 valence electrons. The number of pyridine rings is 1. The Morgan fingerprint density at radius 1 is 0.805 bits per heavy atom. The molecule has 5 N–H and O–H groups in total. The predicted molar refractivity (Wildman–Crippen MR) is 162 cm³/mol. The van der Waals surface area contributed by atoms with E-state index in [1.54, 1.807) is 26.8 Å². The van der Waals surface area contributed by atoms with E-state index >= 15 is 0 Å². The van der Waals surface area contributed by atoms with Crippen LogP contribution in [-0.2, 0) is 16.2 Å². The van der Waals surface area contributed by atoms with Gasteiger partial charge < -0.3 is 29.9 Å². The van der Waals surface area contributed by atoms with Crippen molar-refractivity contribution in [2.75, 3.05) is 0 Å². The number of furan rings is 1. The lowest BCUT2D eigenvalue weighted by Crippen LogP contribution is -2.34. The Labute approximate surface area is 242 Å². The van der Waals surface area contributed by atoms with E-state index in [1.807, 2.05) is 6.07 Å². The molecule has 0 aliphatic heterocycles. The highest BCUT2D eigenvalue weighted by Crippen LogP contribution is 2.56. The van der Waals surface area contributed by atoms with Crippen LogP contribution in [0.5, 0.6) is 28.7 Å². The van der Waals surface area contributed by atoms with Crippen LogP contribution in [0.1, 0.15) is 87.7 Å². The maximum absolute atomic E-state index is 11.8. The van der Waals surface area contributed by atoms with Crippen molar-refractivity contribution in [2.24, 2.45) is 0 Å². The molecule has 0 saturated carbocycles. The van der Waals surface area contributed by atoms with Crippen LogP contribution in [0.15, 0.2) is 28.8 Å². The van der Waals surface area contributed by atoms with Crippen LogP contribution in [-0.4, -0.2) is 30.5 Å². The first-order valence-corrected chi connectivity index (χ1v) is 13.7. The lowest BCUT2D eigenvalue weighted by molar-refractivity contribution is 0.331. The minimum Gasteiger partial charge on any atom is -0.507 e. The average Bonchev–Trinajstić information content (AvgIpc) is 3.30. The lowest BCUT2D eigenvalue weighted by atomic mass is 9.62. The van der Waals surface area contributed by atoms with E-state index in [-0.39, 0.29) is 55.3 Å². The van der Waals surface area contributed by atoms with E-state index in [2.05, 4.69) is 32.7 Å². The number of rotatable bonds is 1. The largest absolute Gasteiger partial charge is 0.507 e. The van der Waals surface area contributed by atoms with E-state index in [4.69, 9.17) is 8.53 Å². The van der Waals surface area contributed by atoms with Crippen LogP contribution in [0.3, 0.4) is 0 Å². The highest BCUT2D eigenvalue weighted by Gasteiger charge is 2.40. The quantitative estimate of drug-likeness (QED) is 0.103. The summed E-state index contributed by atoms with van der Waals surface area (Å²) < 4.78 is 32.1. The Bertz CT molecular complexity index is 2050. The zero-order chi connectivity index (χ0) is 32.5. The van der Waals surface area contributed by atoms with Crippen molar-refractivity contribution in [3.05, 3.63) is 46.6 Å². The van der Waals surface area contributed by atoms with Crippen molar-refractivity contribution in [2.45, 2.75) is 84.4 Å². The first kappa shape index (κ1) is 23.6. The van der Waals surface area contributed by atoms with E-state index in [0.717, 1.165) is 24.0 Å². The Balaban J connectivity index is 1.82. The highest BCUT2D eigenvalue weighted by atomic mass is 16.3. The van der Waals surface area contributed by atoms with Gasteiger partial charge in [-0.2, -0.15) is 0 Å². The standard InChI is InChI=1S/C34H37NO6/c1-15-13-19-22(34(7,8)11-10-33(19,5)6)31-20(15)16-9-12-35-24(30(16)41-31)18-14-17-21(23(25(18)36)32(2,3)4)27(38)29(40)28(39)26(17)37/h9,12-14,36-40H,10-11H2,1-8H3/i1D3. The summed E-state index contributed by atoms with van der Waals surface area (Å²) in [6.45, 7) is 11.4. The van der Waals surface area contributed by atoms with Crippen LogP contribution >= 0.6 is 0 Å². The molecule has 0 radical (unpaired) electrons. The molecule has 7 heteroatoms. The van der Waals surface area contributed by atoms with Crippen molar-refractivity contribution in [1.29, 1.82) is 0 Å². The van der Waals surface area contributed by atoms with Gasteiger partial charge in [-0.05, 0) is 59.2 Å². The summed E-state index contributed by atoms with van der Waals surface area (Å²) in [4.78, 5) is 4.57. The minimum atomic E-state index is -2.45. The summed E-state index contributed by atoms with van der Waals surface area (Å²) in [5.41, 5.74) is 1.87.